The molecule has 0 saturated carbocycles. The number of carbonyl (C=O) groups excluding carboxylic acids is 2. The lowest BCUT2D eigenvalue weighted by atomic mass is 9.98. The summed E-state index contributed by atoms with van der Waals surface area (Å²) in [5.74, 6) is -0.194. The van der Waals surface area contributed by atoms with Gasteiger partial charge in [0.05, 0.1) is 18.8 Å². The third kappa shape index (κ3) is 5.04. The lowest BCUT2D eigenvalue weighted by molar-refractivity contribution is -0.138. The Morgan fingerprint density at radius 3 is 2.89 bits per heavy atom. The molecule has 1 N–H and O–H groups in total. The van der Waals surface area contributed by atoms with Crippen LogP contribution in [0.25, 0.3) is 0 Å². The van der Waals surface area contributed by atoms with E-state index in [2.05, 4.69) is 10.3 Å². The molecule has 27 heavy (non-hydrogen) atoms. The maximum Gasteiger partial charge on any atom is 0.239 e. The molecule has 2 saturated heterocycles. The molecule has 9 heteroatoms. The SMILES string of the molecule is CS(=O)(=O)N1C[C@H]2CCCC(=O)N(CC(=O)NCCc3cccnc3)[C@H]2C1. The summed E-state index contributed by atoms with van der Waals surface area (Å²) in [6.45, 7) is 1.15. The number of fused-ring (bicyclic) bond motifs is 1. The van der Waals surface area contributed by atoms with Crippen molar-refractivity contribution in [1.29, 1.82) is 0 Å². The number of pyridine rings is 1. The van der Waals surface area contributed by atoms with E-state index in [1.807, 2.05) is 12.1 Å². The van der Waals surface area contributed by atoms with Crippen molar-refractivity contribution >= 4 is 21.8 Å². The molecule has 0 aromatic carbocycles. The summed E-state index contributed by atoms with van der Waals surface area (Å²) in [6.07, 6.45) is 7.27. The van der Waals surface area contributed by atoms with Gasteiger partial charge in [0.25, 0.3) is 0 Å². The van der Waals surface area contributed by atoms with Crippen molar-refractivity contribution in [3.05, 3.63) is 30.1 Å². The van der Waals surface area contributed by atoms with Crippen molar-refractivity contribution in [2.45, 2.75) is 31.7 Å². The average Bonchev–Trinajstić information content (AvgIpc) is 2.99. The van der Waals surface area contributed by atoms with E-state index in [0.717, 1.165) is 18.4 Å². The first-order chi connectivity index (χ1) is 12.8. The van der Waals surface area contributed by atoms with Crippen molar-refractivity contribution in [3.8, 4) is 0 Å². The average molecular weight is 394 g/mol. The molecule has 1 aromatic heterocycles. The first-order valence-corrected chi connectivity index (χ1v) is 11.1. The first-order valence-electron chi connectivity index (χ1n) is 9.25. The minimum absolute atomic E-state index is 0.0232. The number of rotatable bonds is 6. The molecular formula is C18H26N4O4S. The minimum atomic E-state index is -3.30. The predicted molar refractivity (Wildman–Crippen MR) is 100 cm³/mol. The van der Waals surface area contributed by atoms with Crippen LogP contribution in [0.5, 0.6) is 0 Å². The van der Waals surface area contributed by atoms with Crippen molar-refractivity contribution < 1.29 is 18.0 Å². The summed E-state index contributed by atoms with van der Waals surface area (Å²) in [5.41, 5.74) is 1.03. The molecule has 148 valence electrons. The van der Waals surface area contributed by atoms with Crippen molar-refractivity contribution in [1.82, 2.24) is 19.5 Å². The molecule has 0 radical (unpaired) electrons. The van der Waals surface area contributed by atoms with Crippen molar-refractivity contribution in [2.75, 3.05) is 32.4 Å². The van der Waals surface area contributed by atoms with Crippen LogP contribution in [0, 0.1) is 5.92 Å². The van der Waals surface area contributed by atoms with Crippen molar-refractivity contribution in [3.63, 3.8) is 0 Å². The molecule has 0 aliphatic carbocycles. The highest BCUT2D eigenvalue weighted by molar-refractivity contribution is 7.88. The smallest absolute Gasteiger partial charge is 0.239 e. The lowest BCUT2D eigenvalue weighted by Gasteiger charge is -2.29. The quantitative estimate of drug-likeness (QED) is 0.733. The Hall–Kier alpha value is -2.00. The van der Waals surface area contributed by atoms with Gasteiger partial charge in [-0.1, -0.05) is 6.07 Å². The highest BCUT2D eigenvalue weighted by atomic mass is 32.2. The fraction of sp³-hybridized carbons (Fsp3) is 0.611. The second-order valence-electron chi connectivity index (χ2n) is 7.28. The molecule has 2 aliphatic heterocycles. The molecule has 1 aromatic rings. The van der Waals surface area contributed by atoms with Gasteiger partial charge in [0.1, 0.15) is 0 Å². The number of amides is 2. The Bertz CT molecular complexity index is 784. The zero-order valence-electron chi connectivity index (χ0n) is 15.5. The van der Waals surface area contributed by atoms with Gasteiger partial charge in [-0.05, 0) is 36.8 Å². The van der Waals surface area contributed by atoms with Gasteiger partial charge in [-0.2, -0.15) is 4.31 Å². The summed E-state index contributed by atoms with van der Waals surface area (Å²) >= 11 is 0. The molecule has 0 spiro atoms. The number of sulfonamides is 1. The molecule has 0 unspecified atom stereocenters. The van der Waals surface area contributed by atoms with Gasteiger partial charge in [-0.25, -0.2) is 8.42 Å². The number of hydrogen-bond donors (Lipinski definition) is 1. The van der Waals surface area contributed by atoms with Gasteiger partial charge in [0.15, 0.2) is 0 Å². The fourth-order valence-electron chi connectivity index (χ4n) is 3.88. The summed E-state index contributed by atoms with van der Waals surface area (Å²) in [7, 11) is -3.30. The molecule has 0 bridgehead atoms. The molecule has 3 heterocycles. The highest BCUT2D eigenvalue weighted by Gasteiger charge is 2.43. The van der Waals surface area contributed by atoms with Crippen LogP contribution in [0.4, 0.5) is 0 Å². The number of aromatic nitrogens is 1. The van der Waals surface area contributed by atoms with E-state index in [9.17, 15) is 18.0 Å². The van der Waals surface area contributed by atoms with Crippen LogP contribution in [-0.2, 0) is 26.0 Å². The predicted octanol–water partition coefficient (Wildman–Crippen LogP) is 0.0128. The number of hydrogen-bond acceptors (Lipinski definition) is 5. The van der Waals surface area contributed by atoms with Crippen LogP contribution in [0.2, 0.25) is 0 Å². The fourth-order valence-corrected chi connectivity index (χ4v) is 4.76. The minimum Gasteiger partial charge on any atom is -0.354 e. The third-order valence-corrected chi connectivity index (χ3v) is 6.54. The molecule has 3 rings (SSSR count). The number of carbonyl (C=O) groups is 2. The zero-order chi connectivity index (χ0) is 19.4. The zero-order valence-corrected chi connectivity index (χ0v) is 16.3. The molecule has 2 fully saturated rings. The van der Waals surface area contributed by atoms with Gasteiger partial charge in [0, 0.05) is 38.4 Å². The van der Waals surface area contributed by atoms with E-state index >= 15 is 0 Å². The van der Waals surface area contributed by atoms with Gasteiger partial charge in [-0.3, -0.25) is 14.6 Å². The van der Waals surface area contributed by atoms with E-state index in [1.165, 1.54) is 10.6 Å². The molecular weight excluding hydrogens is 368 g/mol. The Kier molecular flexibility index (Phi) is 6.11. The second-order valence-corrected chi connectivity index (χ2v) is 9.26. The van der Waals surface area contributed by atoms with Crippen LogP contribution < -0.4 is 5.32 Å². The van der Waals surface area contributed by atoms with E-state index < -0.39 is 10.0 Å². The summed E-state index contributed by atoms with van der Waals surface area (Å²) in [4.78, 5) is 30.5. The van der Waals surface area contributed by atoms with Crippen LogP contribution in [0.15, 0.2) is 24.5 Å². The Morgan fingerprint density at radius 1 is 1.37 bits per heavy atom. The maximum atomic E-state index is 12.5. The molecule has 2 aliphatic rings. The van der Waals surface area contributed by atoms with E-state index in [0.29, 0.717) is 25.9 Å². The largest absolute Gasteiger partial charge is 0.354 e. The lowest BCUT2D eigenvalue weighted by Crippen LogP contribution is -2.48. The summed E-state index contributed by atoms with van der Waals surface area (Å²) in [5, 5.41) is 2.85. The van der Waals surface area contributed by atoms with Gasteiger partial charge in [0.2, 0.25) is 21.8 Å². The molecule has 8 nitrogen and oxygen atoms in total. The Labute approximate surface area is 160 Å². The third-order valence-electron chi connectivity index (χ3n) is 5.30. The number of likely N-dealkylation sites (tertiary alicyclic amines) is 1. The summed E-state index contributed by atoms with van der Waals surface area (Å²) < 4.78 is 25.2. The summed E-state index contributed by atoms with van der Waals surface area (Å²) in [6, 6.07) is 3.57. The van der Waals surface area contributed by atoms with Gasteiger partial charge >= 0.3 is 0 Å². The topological polar surface area (TPSA) is 99.7 Å². The first kappa shape index (κ1) is 19.8. The van der Waals surface area contributed by atoms with Crippen molar-refractivity contribution in [2.24, 2.45) is 5.92 Å². The van der Waals surface area contributed by atoms with Crippen LogP contribution in [-0.4, -0.2) is 72.9 Å². The Morgan fingerprint density at radius 2 is 2.19 bits per heavy atom. The van der Waals surface area contributed by atoms with Crippen LogP contribution >= 0.6 is 0 Å². The normalized spacial score (nSPS) is 23.7. The number of nitrogens with zero attached hydrogens (tertiary/aromatic N) is 3. The molecule has 2 atom stereocenters. The van der Waals surface area contributed by atoms with E-state index in [1.54, 1.807) is 17.3 Å². The molecule has 2 amide bonds. The van der Waals surface area contributed by atoms with Gasteiger partial charge in [-0.15, -0.1) is 0 Å². The monoisotopic (exact) mass is 394 g/mol. The van der Waals surface area contributed by atoms with Crippen LogP contribution in [0.3, 0.4) is 0 Å². The van der Waals surface area contributed by atoms with E-state index in [4.69, 9.17) is 0 Å². The van der Waals surface area contributed by atoms with Crippen LogP contribution in [0.1, 0.15) is 24.8 Å². The highest BCUT2D eigenvalue weighted by Crippen LogP contribution is 2.31. The standard InChI is InChI=1S/C18H26N4O4S/c1-27(25,26)21-11-15-5-2-6-18(24)22(16(15)12-21)13-17(23)20-9-7-14-4-3-8-19-10-14/h3-4,8,10,15-16H,2,5-7,9,11-13H2,1H3,(H,20,23)/t15-,16+/m1/s1. The Balaban J connectivity index is 1.59. The second kappa shape index (κ2) is 8.35. The maximum absolute atomic E-state index is 12.5. The van der Waals surface area contributed by atoms with Gasteiger partial charge < -0.3 is 10.2 Å². The number of nitrogens with one attached hydrogen (secondary N) is 1. The van der Waals surface area contributed by atoms with E-state index in [-0.39, 0.29) is 36.9 Å².